The number of carbonyl (C=O) groups excluding carboxylic acids is 2. The third-order valence-electron chi connectivity index (χ3n) is 4.74. The van der Waals surface area contributed by atoms with E-state index >= 15 is 0 Å². The molecule has 1 aliphatic heterocycles. The van der Waals surface area contributed by atoms with Crippen molar-refractivity contribution in [3.8, 4) is 5.75 Å². The van der Waals surface area contributed by atoms with E-state index in [-0.39, 0.29) is 24.3 Å². The molecule has 0 unspecified atom stereocenters. The summed E-state index contributed by atoms with van der Waals surface area (Å²) in [5.41, 5.74) is 0.537. The molecule has 0 spiro atoms. The third-order valence-corrected chi connectivity index (χ3v) is 5.20. The second-order valence-electron chi connectivity index (χ2n) is 6.79. The average molecular weight is 437 g/mol. The van der Waals surface area contributed by atoms with Crippen molar-refractivity contribution in [2.45, 2.75) is 12.8 Å². The fraction of sp³-hybridized carbons (Fsp3) is 0.350. The number of halogens is 2. The molecule has 0 radical (unpaired) electrons. The highest BCUT2D eigenvalue weighted by atomic mass is 35.5. The molecule has 0 atom stereocenters. The Morgan fingerprint density at radius 3 is 2.52 bits per heavy atom. The molecule has 2 N–H and O–H groups in total. The van der Waals surface area contributed by atoms with Gasteiger partial charge in [-0.25, -0.2) is 4.98 Å². The summed E-state index contributed by atoms with van der Waals surface area (Å²) < 4.78 is 5.24. The number of benzene rings is 1. The minimum Gasteiger partial charge on any atom is -0.495 e. The molecule has 29 heavy (non-hydrogen) atoms. The van der Waals surface area contributed by atoms with Crippen molar-refractivity contribution in [2.24, 2.45) is 5.92 Å². The number of hydrogen-bond donors (Lipinski definition) is 2. The summed E-state index contributed by atoms with van der Waals surface area (Å²) in [5.74, 6) is 0.705. The summed E-state index contributed by atoms with van der Waals surface area (Å²) in [6, 6.07) is 8.41. The van der Waals surface area contributed by atoms with Gasteiger partial charge in [-0.2, -0.15) is 0 Å². The second kappa shape index (κ2) is 9.91. The Morgan fingerprint density at radius 1 is 1.14 bits per heavy atom. The lowest BCUT2D eigenvalue weighted by Crippen LogP contribution is -2.41. The number of nitrogens with zero attached hydrogens (tertiary/aromatic N) is 2. The van der Waals surface area contributed by atoms with E-state index in [0.29, 0.717) is 53.2 Å². The van der Waals surface area contributed by atoms with Crippen molar-refractivity contribution in [3.63, 3.8) is 0 Å². The molecule has 2 amide bonds. The minimum absolute atomic E-state index is 0.0624. The van der Waals surface area contributed by atoms with Crippen LogP contribution in [0.3, 0.4) is 0 Å². The Morgan fingerprint density at radius 2 is 1.86 bits per heavy atom. The Bertz CT molecular complexity index is 869. The first-order chi connectivity index (χ1) is 13.9. The maximum absolute atomic E-state index is 12.4. The van der Waals surface area contributed by atoms with Crippen LogP contribution >= 0.6 is 23.2 Å². The van der Waals surface area contributed by atoms with Gasteiger partial charge in [-0.3, -0.25) is 14.5 Å². The molecule has 1 aliphatic rings. The molecular weight excluding hydrogens is 415 g/mol. The van der Waals surface area contributed by atoms with E-state index in [1.54, 1.807) is 30.3 Å². The van der Waals surface area contributed by atoms with Crippen molar-refractivity contribution in [3.05, 3.63) is 46.6 Å². The van der Waals surface area contributed by atoms with Gasteiger partial charge in [-0.05, 0) is 56.3 Å². The number of nitrogens with one attached hydrogen (secondary N) is 2. The van der Waals surface area contributed by atoms with E-state index in [0.717, 1.165) is 0 Å². The largest absolute Gasteiger partial charge is 0.495 e. The van der Waals surface area contributed by atoms with Gasteiger partial charge >= 0.3 is 0 Å². The number of anilines is 2. The Labute approximate surface area is 179 Å². The van der Waals surface area contributed by atoms with Gasteiger partial charge in [-0.1, -0.05) is 23.2 Å². The molecule has 3 rings (SSSR count). The van der Waals surface area contributed by atoms with Gasteiger partial charge in [0, 0.05) is 17.1 Å². The topological polar surface area (TPSA) is 83.6 Å². The summed E-state index contributed by atoms with van der Waals surface area (Å²) in [6.07, 6.45) is 2.84. The number of rotatable bonds is 6. The number of methoxy groups -OCH3 is 1. The van der Waals surface area contributed by atoms with Crippen LogP contribution in [0.15, 0.2) is 36.5 Å². The first kappa shape index (κ1) is 21.4. The van der Waals surface area contributed by atoms with E-state index in [2.05, 4.69) is 15.6 Å². The Hall–Kier alpha value is -2.35. The third kappa shape index (κ3) is 6.06. The number of hydrogen-bond acceptors (Lipinski definition) is 5. The molecule has 1 aromatic heterocycles. The van der Waals surface area contributed by atoms with Gasteiger partial charge < -0.3 is 15.4 Å². The number of carbonyl (C=O) groups is 2. The zero-order valence-electron chi connectivity index (χ0n) is 16.0. The van der Waals surface area contributed by atoms with Crippen LogP contribution < -0.4 is 15.4 Å². The number of amides is 2. The molecule has 7 nitrogen and oxygen atoms in total. The highest BCUT2D eigenvalue weighted by molar-refractivity contribution is 6.31. The lowest BCUT2D eigenvalue weighted by Gasteiger charge is -2.30. The molecule has 0 bridgehead atoms. The summed E-state index contributed by atoms with van der Waals surface area (Å²) >= 11 is 11.8. The number of piperidine rings is 1. The lowest BCUT2D eigenvalue weighted by atomic mass is 9.96. The average Bonchev–Trinajstić information content (AvgIpc) is 2.70. The van der Waals surface area contributed by atoms with Gasteiger partial charge in [0.1, 0.15) is 11.6 Å². The fourth-order valence-electron chi connectivity index (χ4n) is 3.20. The highest BCUT2D eigenvalue weighted by Crippen LogP contribution is 2.27. The van der Waals surface area contributed by atoms with Crippen LogP contribution in [-0.4, -0.2) is 48.4 Å². The molecule has 1 aromatic carbocycles. The zero-order valence-corrected chi connectivity index (χ0v) is 17.5. The molecule has 0 saturated carbocycles. The van der Waals surface area contributed by atoms with E-state index in [1.807, 2.05) is 4.90 Å². The summed E-state index contributed by atoms with van der Waals surface area (Å²) in [6.45, 7) is 1.56. The van der Waals surface area contributed by atoms with Crippen LogP contribution in [0.25, 0.3) is 0 Å². The van der Waals surface area contributed by atoms with Gasteiger partial charge in [0.2, 0.25) is 11.8 Å². The number of likely N-dealkylation sites (tertiary alicyclic amines) is 1. The van der Waals surface area contributed by atoms with Gasteiger partial charge in [0.15, 0.2) is 0 Å². The van der Waals surface area contributed by atoms with Crippen molar-refractivity contribution >= 4 is 46.5 Å². The zero-order chi connectivity index (χ0) is 20.8. The van der Waals surface area contributed by atoms with Crippen LogP contribution in [0, 0.1) is 5.92 Å². The van der Waals surface area contributed by atoms with Crippen LogP contribution in [0.5, 0.6) is 5.75 Å². The Balaban J connectivity index is 1.47. The quantitative estimate of drug-likeness (QED) is 0.721. The molecule has 1 fully saturated rings. The van der Waals surface area contributed by atoms with Crippen LogP contribution in [0.4, 0.5) is 11.5 Å². The molecule has 154 valence electrons. The molecule has 0 aliphatic carbocycles. The maximum atomic E-state index is 12.4. The summed E-state index contributed by atoms with van der Waals surface area (Å²) in [7, 11) is 1.54. The predicted molar refractivity (Wildman–Crippen MR) is 114 cm³/mol. The molecule has 1 saturated heterocycles. The summed E-state index contributed by atoms with van der Waals surface area (Å²) in [5, 5.41) is 6.68. The van der Waals surface area contributed by atoms with Crippen molar-refractivity contribution in [2.75, 3.05) is 37.4 Å². The molecule has 2 heterocycles. The van der Waals surface area contributed by atoms with Gasteiger partial charge in [0.05, 0.1) is 24.4 Å². The number of ether oxygens (including phenoxy) is 1. The Kier molecular flexibility index (Phi) is 7.30. The molecular formula is C20H22Cl2N4O3. The number of pyridine rings is 1. The fourth-order valence-corrected chi connectivity index (χ4v) is 3.49. The lowest BCUT2D eigenvalue weighted by molar-refractivity contribution is -0.121. The standard InChI is InChI=1S/C20H22Cl2N4O3/c1-29-17-4-2-14(21)10-16(17)24-19(27)12-26-8-6-13(7-9-26)20(28)25-18-5-3-15(22)11-23-18/h2-5,10-11,13H,6-9,12H2,1H3,(H,24,27)(H,23,25,28). The van der Waals surface area contributed by atoms with Gasteiger partial charge in [0.25, 0.3) is 0 Å². The monoisotopic (exact) mass is 436 g/mol. The molecule has 9 heteroatoms. The minimum atomic E-state index is -0.154. The van der Waals surface area contributed by atoms with E-state index in [9.17, 15) is 9.59 Å². The van der Waals surface area contributed by atoms with E-state index < -0.39 is 0 Å². The highest BCUT2D eigenvalue weighted by Gasteiger charge is 2.26. The first-order valence-electron chi connectivity index (χ1n) is 9.23. The van der Waals surface area contributed by atoms with Crippen LogP contribution in [0.2, 0.25) is 10.0 Å². The smallest absolute Gasteiger partial charge is 0.238 e. The van der Waals surface area contributed by atoms with Crippen molar-refractivity contribution in [1.82, 2.24) is 9.88 Å². The second-order valence-corrected chi connectivity index (χ2v) is 7.67. The normalized spacial score (nSPS) is 15.0. The van der Waals surface area contributed by atoms with Crippen LogP contribution in [0.1, 0.15) is 12.8 Å². The van der Waals surface area contributed by atoms with Crippen LogP contribution in [-0.2, 0) is 9.59 Å². The van der Waals surface area contributed by atoms with E-state index in [4.69, 9.17) is 27.9 Å². The molecule has 2 aromatic rings. The summed E-state index contributed by atoms with van der Waals surface area (Å²) in [4.78, 5) is 30.9. The SMILES string of the molecule is COc1ccc(Cl)cc1NC(=O)CN1CCC(C(=O)Nc2ccc(Cl)cn2)CC1. The first-order valence-corrected chi connectivity index (χ1v) is 9.98. The van der Waals surface area contributed by atoms with Gasteiger partial charge in [-0.15, -0.1) is 0 Å². The van der Waals surface area contributed by atoms with Crippen molar-refractivity contribution in [1.29, 1.82) is 0 Å². The maximum Gasteiger partial charge on any atom is 0.238 e. The van der Waals surface area contributed by atoms with E-state index in [1.165, 1.54) is 13.3 Å². The number of aromatic nitrogens is 1. The predicted octanol–water partition coefficient (Wildman–Crippen LogP) is 3.69. The van der Waals surface area contributed by atoms with Crippen molar-refractivity contribution < 1.29 is 14.3 Å².